The van der Waals surface area contributed by atoms with Crippen LogP contribution in [0.3, 0.4) is 0 Å². The molecule has 0 aromatic heterocycles. The molecule has 0 aliphatic heterocycles. The number of azo groups is 2. The van der Waals surface area contributed by atoms with E-state index in [0.29, 0.717) is 0 Å². The van der Waals surface area contributed by atoms with E-state index in [0.717, 1.165) is 11.4 Å². The van der Waals surface area contributed by atoms with Crippen molar-refractivity contribution >= 4 is 11.4 Å². The molecule has 0 heterocycles. The zero-order chi connectivity index (χ0) is 15.1. The minimum absolute atomic E-state index is 0.142. The van der Waals surface area contributed by atoms with Gasteiger partial charge in [-0.1, -0.05) is 57.2 Å². The molecule has 0 N–H and O–H groups in total. The molecule has 0 unspecified atom stereocenters. The minimum Gasteiger partial charge on any atom is -0.159 e. The van der Waals surface area contributed by atoms with Crippen LogP contribution in [0.5, 0.6) is 0 Å². The van der Waals surface area contributed by atoms with Gasteiger partial charge in [0.05, 0.1) is 11.4 Å². The lowest BCUT2D eigenvalue weighted by molar-refractivity contribution is 0.314. The Morgan fingerprint density at radius 3 is 1.38 bits per heavy atom. The second-order valence-corrected chi connectivity index (χ2v) is 5.84. The third-order valence-electron chi connectivity index (χ3n) is 2.85. The van der Waals surface area contributed by atoms with Crippen LogP contribution in [0.25, 0.3) is 0 Å². The van der Waals surface area contributed by atoms with Gasteiger partial charge in [0.25, 0.3) is 0 Å². The summed E-state index contributed by atoms with van der Waals surface area (Å²) in [6, 6.07) is 19.3. The third-order valence-corrected chi connectivity index (χ3v) is 2.85. The van der Waals surface area contributed by atoms with E-state index in [1.54, 1.807) is 0 Å². The molecule has 2 aromatic carbocycles. The van der Waals surface area contributed by atoms with Gasteiger partial charge in [-0.05, 0) is 24.3 Å². The Kier molecular flexibility index (Phi) is 4.93. The van der Waals surface area contributed by atoms with E-state index in [1.165, 1.54) is 0 Å². The van der Waals surface area contributed by atoms with Gasteiger partial charge in [0.2, 0.25) is 0 Å². The molecule has 21 heavy (non-hydrogen) atoms. The SMILES string of the molecule is CC(C)(C)C(N=Nc1ccccc1)N=Nc1ccccc1. The summed E-state index contributed by atoms with van der Waals surface area (Å²) in [5.41, 5.74) is 1.50. The molecule has 4 nitrogen and oxygen atoms in total. The number of hydrogen-bond donors (Lipinski definition) is 0. The Labute approximate surface area is 125 Å². The van der Waals surface area contributed by atoms with Crippen LogP contribution in [0.15, 0.2) is 81.1 Å². The van der Waals surface area contributed by atoms with E-state index in [4.69, 9.17) is 0 Å². The average molecular weight is 280 g/mol. The highest BCUT2D eigenvalue weighted by Crippen LogP contribution is 2.26. The van der Waals surface area contributed by atoms with Crippen LogP contribution in [0.1, 0.15) is 20.8 Å². The molecule has 0 amide bonds. The summed E-state index contributed by atoms with van der Waals surface area (Å²) in [6.45, 7) is 6.23. The van der Waals surface area contributed by atoms with Gasteiger partial charge in [-0.3, -0.25) is 0 Å². The fourth-order valence-corrected chi connectivity index (χ4v) is 1.60. The number of benzene rings is 2. The highest BCUT2D eigenvalue weighted by atomic mass is 15.3. The lowest BCUT2D eigenvalue weighted by Gasteiger charge is -2.21. The number of hydrogen-bond acceptors (Lipinski definition) is 4. The lowest BCUT2D eigenvalue weighted by atomic mass is 9.93. The van der Waals surface area contributed by atoms with Crippen molar-refractivity contribution in [2.75, 3.05) is 0 Å². The van der Waals surface area contributed by atoms with Crippen LogP contribution in [-0.4, -0.2) is 6.17 Å². The summed E-state index contributed by atoms with van der Waals surface area (Å²) in [7, 11) is 0. The smallest absolute Gasteiger partial charge is 0.159 e. The van der Waals surface area contributed by atoms with E-state index in [2.05, 4.69) is 41.2 Å². The first-order valence-electron chi connectivity index (χ1n) is 6.97. The largest absolute Gasteiger partial charge is 0.186 e. The van der Waals surface area contributed by atoms with Gasteiger partial charge in [-0.2, -0.15) is 20.5 Å². The second kappa shape index (κ2) is 6.88. The Morgan fingerprint density at radius 1 is 0.667 bits per heavy atom. The van der Waals surface area contributed by atoms with Crippen LogP contribution < -0.4 is 0 Å². The van der Waals surface area contributed by atoms with Crippen molar-refractivity contribution in [3.8, 4) is 0 Å². The van der Waals surface area contributed by atoms with Gasteiger partial charge in [0.1, 0.15) is 0 Å². The molecule has 0 saturated carbocycles. The topological polar surface area (TPSA) is 49.4 Å². The molecule has 2 aromatic rings. The normalized spacial score (nSPS) is 13.9. The predicted molar refractivity (Wildman–Crippen MR) is 85.2 cm³/mol. The molecular weight excluding hydrogens is 260 g/mol. The first-order chi connectivity index (χ1) is 10.1. The van der Waals surface area contributed by atoms with Gasteiger partial charge in [-0.25, -0.2) is 0 Å². The summed E-state index contributed by atoms with van der Waals surface area (Å²) in [4.78, 5) is 0. The van der Waals surface area contributed by atoms with E-state index < -0.39 is 0 Å². The van der Waals surface area contributed by atoms with Crippen LogP contribution in [0.4, 0.5) is 11.4 Å². The summed E-state index contributed by atoms with van der Waals surface area (Å²) in [6.07, 6.45) is -0.321. The maximum absolute atomic E-state index is 4.34. The molecule has 0 fully saturated rings. The zero-order valence-electron chi connectivity index (χ0n) is 12.6. The van der Waals surface area contributed by atoms with Crippen LogP contribution in [0.2, 0.25) is 0 Å². The molecule has 0 aliphatic rings. The first kappa shape index (κ1) is 15.0. The Balaban J connectivity index is 2.16. The molecule has 0 saturated heterocycles. The van der Waals surface area contributed by atoms with Gasteiger partial charge in [0.15, 0.2) is 6.17 Å². The molecule has 4 heteroatoms. The van der Waals surface area contributed by atoms with Crippen molar-refractivity contribution in [3.05, 3.63) is 60.7 Å². The maximum Gasteiger partial charge on any atom is 0.186 e. The van der Waals surface area contributed by atoms with Crippen molar-refractivity contribution < 1.29 is 0 Å². The first-order valence-corrected chi connectivity index (χ1v) is 6.97. The van der Waals surface area contributed by atoms with Gasteiger partial charge in [0, 0.05) is 5.41 Å². The van der Waals surface area contributed by atoms with Crippen molar-refractivity contribution in [1.29, 1.82) is 0 Å². The van der Waals surface area contributed by atoms with E-state index in [9.17, 15) is 0 Å². The van der Waals surface area contributed by atoms with Crippen LogP contribution in [-0.2, 0) is 0 Å². The van der Waals surface area contributed by atoms with Gasteiger partial charge < -0.3 is 0 Å². The molecule has 0 radical (unpaired) electrons. The van der Waals surface area contributed by atoms with E-state index >= 15 is 0 Å². The fourth-order valence-electron chi connectivity index (χ4n) is 1.60. The highest BCUT2D eigenvalue weighted by Gasteiger charge is 2.24. The molecule has 0 aliphatic carbocycles. The Bertz CT molecular complexity index is 548. The summed E-state index contributed by atoms with van der Waals surface area (Å²) in [5, 5.41) is 17.2. The maximum atomic E-state index is 4.34. The number of nitrogens with zero attached hydrogens (tertiary/aromatic N) is 4. The van der Waals surface area contributed by atoms with E-state index in [-0.39, 0.29) is 11.6 Å². The lowest BCUT2D eigenvalue weighted by Crippen LogP contribution is -2.21. The fraction of sp³-hybridized carbons (Fsp3) is 0.294. The molecule has 0 spiro atoms. The number of rotatable bonds is 4. The van der Waals surface area contributed by atoms with E-state index in [1.807, 2.05) is 60.7 Å². The Morgan fingerprint density at radius 2 is 1.05 bits per heavy atom. The van der Waals surface area contributed by atoms with Crippen molar-refractivity contribution in [1.82, 2.24) is 0 Å². The van der Waals surface area contributed by atoms with Crippen molar-refractivity contribution in [2.45, 2.75) is 26.9 Å². The van der Waals surface area contributed by atoms with Crippen molar-refractivity contribution in [2.24, 2.45) is 25.9 Å². The van der Waals surface area contributed by atoms with Gasteiger partial charge in [-0.15, -0.1) is 0 Å². The van der Waals surface area contributed by atoms with Crippen LogP contribution in [0, 0.1) is 5.41 Å². The predicted octanol–water partition coefficient (Wildman–Crippen LogP) is 5.93. The molecular formula is C17H20N4. The molecule has 108 valence electrons. The minimum atomic E-state index is -0.321. The summed E-state index contributed by atoms with van der Waals surface area (Å²) >= 11 is 0. The molecule has 0 bridgehead atoms. The summed E-state index contributed by atoms with van der Waals surface area (Å²) in [5.74, 6) is 0. The van der Waals surface area contributed by atoms with Gasteiger partial charge >= 0.3 is 0 Å². The highest BCUT2D eigenvalue weighted by molar-refractivity contribution is 5.35. The molecule has 2 rings (SSSR count). The van der Waals surface area contributed by atoms with Crippen molar-refractivity contribution in [3.63, 3.8) is 0 Å². The quantitative estimate of drug-likeness (QED) is 0.623. The summed E-state index contributed by atoms with van der Waals surface area (Å²) < 4.78 is 0. The standard InChI is InChI=1S/C17H20N4/c1-17(2,3)16(20-18-14-10-6-4-7-11-14)21-19-15-12-8-5-9-13-15/h4-13,16H,1-3H3. The zero-order valence-corrected chi connectivity index (χ0v) is 12.6. The van der Waals surface area contributed by atoms with Crippen LogP contribution >= 0.6 is 0 Å². The third kappa shape index (κ3) is 4.91. The monoisotopic (exact) mass is 280 g/mol. The second-order valence-electron chi connectivity index (χ2n) is 5.84. The average Bonchev–Trinajstić information content (AvgIpc) is 2.48. The molecule has 0 atom stereocenters. The Hall–Kier alpha value is -2.36.